The fourth-order valence-corrected chi connectivity index (χ4v) is 4.33. The minimum atomic E-state index is -0.952. The second-order valence-electron chi connectivity index (χ2n) is 8.97. The third kappa shape index (κ3) is 6.40. The van der Waals surface area contributed by atoms with Crippen molar-refractivity contribution in [3.05, 3.63) is 144 Å². The molecule has 0 amide bonds. The Balaban J connectivity index is 1.68. The monoisotopic (exact) mass is 453 g/mol. The lowest BCUT2D eigenvalue weighted by Crippen LogP contribution is -2.46. The van der Waals surface area contributed by atoms with Crippen molar-refractivity contribution in [2.24, 2.45) is 0 Å². The van der Waals surface area contributed by atoms with Gasteiger partial charge in [0, 0.05) is 13.1 Å². The highest BCUT2D eigenvalue weighted by Crippen LogP contribution is 2.32. The van der Waals surface area contributed by atoms with Crippen LogP contribution in [0.25, 0.3) is 0 Å². The van der Waals surface area contributed by atoms with Crippen molar-refractivity contribution in [1.82, 2.24) is 4.90 Å². The Hall–Kier alpha value is -3.27. The van der Waals surface area contributed by atoms with Gasteiger partial charge in [0.1, 0.15) is 12.3 Å². The molecule has 0 aliphatic heterocycles. The summed E-state index contributed by atoms with van der Waals surface area (Å²) in [6.07, 6.45) is 0. The summed E-state index contributed by atoms with van der Waals surface area (Å²) in [4.78, 5) is 2.34. The molecule has 2 nitrogen and oxygen atoms in total. The van der Waals surface area contributed by atoms with Crippen molar-refractivity contribution in [3.8, 4) is 0 Å². The van der Waals surface area contributed by atoms with Crippen LogP contribution in [0.15, 0.2) is 121 Å². The Morgan fingerprint density at radius 2 is 1.12 bits per heavy atom. The van der Waals surface area contributed by atoms with E-state index in [2.05, 4.69) is 65.6 Å². The second-order valence-corrected chi connectivity index (χ2v) is 8.97. The third-order valence-electron chi connectivity index (χ3n) is 6.07. The lowest BCUT2D eigenvalue weighted by atomic mass is 9.94. The van der Waals surface area contributed by atoms with Crippen LogP contribution in [0.2, 0.25) is 0 Å². The average molecular weight is 454 g/mol. The number of hydrogen-bond acceptors (Lipinski definition) is 2. The van der Waals surface area contributed by atoms with Gasteiger partial charge in [-0.15, -0.1) is 0 Å². The zero-order chi connectivity index (χ0) is 23.6. The summed E-state index contributed by atoms with van der Waals surface area (Å²) < 4.78 is 20.8. The molecule has 0 saturated carbocycles. The fourth-order valence-electron chi connectivity index (χ4n) is 4.33. The van der Waals surface area contributed by atoms with Gasteiger partial charge in [-0.1, -0.05) is 121 Å². The summed E-state index contributed by atoms with van der Waals surface area (Å²) >= 11 is 0. The number of hydrogen-bond donors (Lipinski definition) is 0. The molecule has 0 aliphatic rings. The van der Waals surface area contributed by atoms with E-state index in [1.54, 1.807) is 0 Å². The second kappa shape index (κ2) is 11.7. The van der Waals surface area contributed by atoms with Crippen LogP contribution in [0.5, 0.6) is 0 Å². The molecule has 0 aromatic heterocycles. The molecule has 0 fully saturated rings. The zero-order valence-electron chi connectivity index (χ0n) is 19.7. The van der Waals surface area contributed by atoms with Crippen LogP contribution in [0.1, 0.15) is 35.2 Å². The van der Waals surface area contributed by atoms with E-state index in [1.807, 2.05) is 67.6 Å². The van der Waals surface area contributed by atoms with Crippen molar-refractivity contribution in [3.63, 3.8) is 0 Å². The molecule has 0 bridgehead atoms. The Kier molecular flexibility index (Phi) is 8.24. The number of halogens is 1. The smallest absolute Gasteiger partial charge is 0.119 e. The average Bonchev–Trinajstić information content (AvgIpc) is 2.90. The molecule has 34 heavy (non-hydrogen) atoms. The Morgan fingerprint density at radius 3 is 1.59 bits per heavy atom. The lowest BCUT2D eigenvalue weighted by Gasteiger charge is -2.39. The van der Waals surface area contributed by atoms with Crippen LogP contribution >= 0.6 is 0 Å². The first-order valence-electron chi connectivity index (χ1n) is 11.8. The summed E-state index contributed by atoms with van der Waals surface area (Å²) in [6.45, 7) is 2.81. The zero-order valence-corrected chi connectivity index (χ0v) is 19.7. The topological polar surface area (TPSA) is 12.5 Å². The normalized spacial score (nSPS) is 13.2. The van der Waals surface area contributed by atoms with Gasteiger partial charge in [-0.3, -0.25) is 4.90 Å². The molecule has 0 N–H and O–H groups in total. The van der Waals surface area contributed by atoms with E-state index < -0.39 is 12.3 Å². The van der Waals surface area contributed by atoms with E-state index >= 15 is 0 Å². The maximum absolute atomic E-state index is 14.6. The molecule has 174 valence electrons. The van der Waals surface area contributed by atoms with Gasteiger partial charge in [-0.05, 0) is 29.2 Å². The summed E-state index contributed by atoms with van der Waals surface area (Å²) in [7, 11) is 0. The van der Waals surface area contributed by atoms with Gasteiger partial charge in [0.2, 0.25) is 0 Å². The lowest BCUT2D eigenvalue weighted by molar-refractivity contribution is -0.0823. The van der Waals surface area contributed by atoms with Gasteiger partial charge in [-0.2, -0.15) is 0 Å². The first-order valence-corrected chi connectivity index (χ1v) is 11.8. The molecular formula is C31H32FNO. The molecule has 0 heterocycles. The van der Waals surface area contributed by atoms with Crippen LogP contribution in [-0.2, 0) is 17.9 Å². The molecule has 0 unspecified atom stereocenters. The van der Waals surface area contributed by atoms with Crippen molar-refractivity contribution < 1.29 is 9.13 Å². The summed E-state index contributed by atoms with van der Waals surface area (Å²) in [5, 5.41) is 0. The van der Waals surface area contributed by atoms with Gasteiger partial charge >= 0.3 is 0 Å². The number of rotatable bonds is 11. The van der Waals surface area contributed by atoms with Crippen LogP contribution in [0, 0.1) is 0 Å². The van der Waals surface area contributed by atoms with E-state index in [9.17, 15) is 4.39 Å². The Bertz CT molecular complexity index is 1070. The Morgan fingerprint density at radius 1 is 0.676 bits per heavy atom. The first kappa shape index (κ1) is 23.9. The molecule has 0 aliphatic carbocycles. The molecule has 0 saturated heterocycles. The molecule has 4 aromatic carbocycles. The molecule has 4 aromatic rings. The third-order valence-corrected chi connectivity index (χ3v) is 6.07. The molecule has 0 spiro atoms. The van der Waals surface area contributed by atoms with E-state index in [1.165, 1.54) is 16.7 Å². The number of alkyl halides is 1. The van der Waals surface area contributed by atoms with E-state index in [-0.39, 0.29) is 6.04 Å². The summed E-state index contributed by atoms with van der Waals surface area (Å²) in [5.41, 5.74) is 3.62. The SMILES string of the molecule is C[C@](CF)(CN(Cc1ccccc1)C(c1ccccc1)c1ccccc1)OCc1ccccc1. The quantitative estimate of drug-likeness (QED) is 0.238. The van der Waals surface area contributed by atoms with Gasteiger partial charge < -0.3 is 4.74 Å². The van der Waals surface area contributed by atoms with Gasteiger partial charge in [0.15, 0.2) is 0 Å². The van der Waals surface area contributed by atoms with Crippen molar-refractivity contribution in [2.75, 3.05) is 13.2 Å². The van der Waals surface area contributed by atoms with Crippen molar-refractivity contribution >= 4 is 0 Å². The largest absolute Gasteiger partial charge is 0.367 e. The number of ether oxygens (including phenoxy) is 1. The van der Waals surface area contributed by atoms with E-state index in [4.69, 9.17) is 4.74 Å². The maximum atomic E-state index is 14.6. The molecule has 1 atom stereocenters. The Labute approximate surface area is 202 Å². The standard InChI is InChI=1S/C31H32FNO/c1-31(24-32,34-23-27-16-8-3-9-17-27)25-33(22-26-14-6-2-7-15-26)30(28-18-10-4-11-19-28)29-20-12-5-13-21-29/h2-21,30H,22-25H2,1H3/t31-/m0/s1. The van der Waals surface area contributed by atoms with Crippen LogP contribution in [0.4, 0.5) is 4.39 Å². The van der Waals surface area contributed by atoms with Crippen molar-refractivity contribution in [1.29, 1.82) is 0 Å². The first-order chi connectivity index (χ1) is 16.7. The maximum Gasteiger partial charge on any atom is 0.119 e. The van der Waals surface area contributed by atoms with E-state index in [0.717, 1.165) is 5.56 Å². The summed E-state index contributed by atoms with van der Waals surface area (Å²) in [5.74, 6) is 0. The van der Waals surface area contributed by atoms with E-state index in [0.29, 0.717) is 19.7 Å². The van der Waals surface area contributed by atoms with Crippen LogP contribution in [-0.4, -0.2) is 23.7 Å². The molecule has 0 radical (unpaired) electrons. The predicted molar refractivity (Wildman–Crippen MR) is 137 cm³/mol. The van der Waals surface area contributed by atoms with Gasteiger partial charge in [0.05, 0.1) is 12.6 Å². The number of nitrogens with zero attached hydrogens (tertiary/aromatic N) is 1. The summed E-state index contributed by atoms with van der Waals surface area (Å²) in [6, 6.07) is 41.2. The van der Waals surface area contributed by atoms with Crippen molar-refractivity contribution in [2.45, 2.75) is 31.7 Å². The minimum Gasteiger partial charge on any atom is -0.367 e. The molecule has 4 rings (SSSR count). The molecule has 3 heteroatoms. The van der Waals surface area contributed by atoms with Crippen LogP contribution < -0.4 is 0 Å². The highest BCUT2D eigenvalue weighted by atomic mass is 19.1. The molecular weight excluding hydrogens is 421 g/mol. The number of benzene rings is 4. The highest BCUT2D eigenvalue weighted by Gasteiger charge is 2.33. The highest BCUT2D eigenvalue weighted by molar-refractivity contribution is 5.32. The van der Waals surface area contributed by atoms with Crippen LogP contribution in [0.3, 0.4) is 0 Å². The predicted octanol–water partition coefficient (Wildman–Crippen LogP) is 7.22. The fraction of sp³-hybridized carbons (Fsp3) is 0.226. The minimum absolute atomic E-state index is 0.0335. The van der Waals surface area contributed by atoms with Gasteiger partial charge in [0.25, 0.3) is 0 Å². The van der Waals surface area contributed by atoms with Gasteiger partial charge in [-0.25, -0.2) is 4.39 Å².